The zero-order valence-electron chi connectivity index (χ0n) is 12.8. The third-order valence-corrected chi connectivity index (χ3v) is 3.52. The summed E-state index contributed by atoms with van der Waals surface area (Å²) >= 11 is 0. The number of amides is 3. The van der Waals surface area contributed by atoms with Gasteiger partial charge in [-0.1, -0.05) is 30.3 Å². The molecule has 1 aliphatic rings. The highest BCUT2D eigenvalue weighted by molar-refractivity contribution is 5.87. The van der Waals surface area contributed by atoms with Crippen LogP contribution in [0.2, 0.25) is 0 Å². The largest absolute Gasteiger partial charge is 0.344 e. The maximum atomic E-state index is 12.4. The van der Waals surface area contributed by atoms with Crippen LogP contribution in [0.25, 0.3) is 0 Å². The molecule has 3 amide bonds. The van der Waals surface area contributed by atoms with Gasteiger partial charge < -0.3 is 4.90 Å². The molecule has 0 saturated carbocycles. The summed E-state index contributed by atoms with van der Waals surface area (Å²) < 4.78 is 0. The molecule has 0 unspecified atom stereocenters. The van der Waals surface area contributed by atoms with Crippen molar-refractivity contribution >= 4 is 11.9 Å². The zero-order valence-corrected chi connectivity index (χ0v) is 12.8. The molecule has 0 spiro atoms. The summed E-state index contributed by atoms with van der Waals surface area (Å²) in [6, 6.07) is 8.78. The standard InChI is InChI=1S/C15H21N3O4/c1-3-17-13(14(19)16-21-2)9-10-18(15(17)20)22-11-12-7-5-4-6-8-12/h4-8,13H,3,9-11H2,1-2H3,(H,16,19)/t13-/m0/s1. The summed E-state index contributed by atoms with van der Waals surface area (Å²) in [5, 5.41) is 1.31. The molecule has 1 atom stereocenters. The number of benzene rings is 1. The lowest BCUT2D eigenvalue weighted by Gasteiger charge is -2.39. The minimum absolute atomic E-state index is 0.305. The van der Waals surface area contributed by atoms with Gasteiger partial charge in [0.15, 0.2) is 0 Å². The molecule has 1 heterocycles. The Morgan fingerprint density at radius 2 is 2.09 bits per heavy atom. The van der Waals surface area contributed by atoms with Crippen LogP contribution in [0, 0.1) is 0 Å². The predicted octanol–water partition coefficient (Wildman–Crippen LogP) is 1.31. The minimum atomic E-state index is -0.533. The van der Waals surface area contributed by atoms with Crippen molar-refractivity contribution in [1.82, 2.24) is 15.4 Å². The summed E-state index contributed by atoms with van der Waals surface area (Å²) in [5.41, 5.74) is 3.26. The molecule has 0 bridgehead atoms. The van der Waals surface area contributed by atoms with Crippen LogP contribution in [0.3, 0.4) is 0 Å². The van der Waals surface area contributed by atoms with Gasteiger partial charge in [-0.25, -0.2) is 15.3 Å². The number of carbonyl (C=O) groups is 2. The van der Waals surface area contributed by atoms with Crippen LogP contribution < -0.4 is 5.48 Å². The van der Waals surface area contributed by atoms with Gasteiger partial charge in [-0.15, -0.1) is 0 Å². The van der Waals surface area contributed by atoms with E-state index in [2.05, 4.69) is 10.3 Å². The number of hydrogen-bond acceptors (Lipinski definition) is 4. The summed E-state index contributed by atoms with van der Waals surface area (Å²) in [7, 11) is 1.37. The number of nitrogens with zero attached hydrogens (tertiary/aromatic N) is 2. The van der Waals surface area contributed by atoms with Crippen LogP contribution in [-0.2, 0) is 21.1 Å². The van der Waals surface area contributed by atoms with E-state index in [4.69, 9.17) is 4.84 Å². The predicted molar refractivity (Wildman–Crippen MR) is 79.3 cm³/mol. The summed E-state index contributed by atoms with van der Waals surface area (Å²) in [4.78, 5) is 36.0. The van der Waals surface area contributed by atoms with Crippen LogP contribution in [0.1, 0.15) is 18.9 Å². The maximum Gasteiger partial charge on any atom is 0.344 e. The van der Waals surface area contributed by atoms with E-state index in [1.165, 1.54) is 17.1 Å². The smallest absolute Gasteiger partial charge is 0.311 e. The Balaban J connectivity index is 1.96. The van der Waals surface area contributed by atoms with Crippen molar-refractivity contribution in [2.24, 2.45) is 0 Å². The molecule has 2 rings (SSSR count). The van der Waals surface area contributed by atoms with Crippen LogP contribution in [0.15, 0.2) is 30.3 Å². The monoisotopic (exact) mass is 307 g/mol. The van der Waals surface area contributed by atoms with Crippen LogP contribution >= 0.6 is 0 Å². The first-order chi connectivity index (χ1) is 10.7. The fourth-order valence-corrected chi connectivity index (χ4v) is 2.41. The van der Waals surface area contributed by atoms with Gasteiger partial charge in [-0.3, -0.25) is 14.5 Å². The summed E-state index contributed by atoms with van der Waals surface area (Å²) in [5.74, 6) is -0.319. The van der Waals surface area contributed by atoms with Gasteiger partial charge in [0.2, 0.25) is 0 Å². The van der Waals surface area contributed by atoms with Gasteiger partial charge in [0.1, 0.15) is 12.6 Å². The highest BCUT2D eigenvalue weighted by atomic mass is 16.7. The van der Waals surface area contributed by atoms with Crippen LogP contribution in [-0.4, -0.2) is 48.1 Å². The third kappa shape index (κ3) is 3.75. The molecule has 1 fully saturated rings. The lowest BCUT2D eigenvalue weighted by molar-refractivity contribution is -0.160. The number of likely N-dealkylation sites (N-methyl/N-ethyl adjacent to an activating group) is 1. The molecule has 1 aromatic carbocycles. The number of hydroxylamine groups is 3. The van der Waals surface area contributed by atoms with Gasteiger partial charge in [0, 0.05) is 6.54 Å². The summed E-state index contributed by atoms with van der Waals surface area (Å²) in [6.45, 7) is 2.93. The average Bonchev–Trinajstić information content (AvgIpc) is 2.54. The van der Waals surface area contributed by atoms with E-state index in [1.54, 1.807) is 0 Å². The first-order valence-corrected chi connectivity index (χ1v) is 7.25. The fourth-order valence-electron chi connectivity index (χ4n) is 2.41. The second-order valence-corrected chi connectivity index (χ2v) is 4.90. The lowest BCUT2D eigenvalue weighted by atomic mass is 10.1. The highest BCUT2D eigenvalue weighted by Gasteiger charge is 2.37. The molecule has 1 aliphatic heterocycles. The molecular formula is C15H21N3O4. The topological polar surface area (TPSA) is 71.1 Å². The van der Waals surface area contributed by atoms with Crippen molar-refractivity contribution in [1.29, 1.82) is 0 Å². The Bertz CT molecular complexity index is 509. The number of urea groups is 1. The van der Waals surface area contributed by atoms with Crippen molar-refractivity contribution in [3.8, 4) is 0 Å². The fraction of sp³-hybridized carbons (Fsp3) is 0.467. The Kier molecular flexibility index (Phi) is 5.74. The molecule has 0 aliphatic carbocycles. The van der Waals surface area contributed by atoms with E-state index >= 15 is 0 Å². The SMILES string of the molecule is CCN1C(=O)N(OCc2ccccc2)CC[C@H]1C(=O)NOC. The van der Waals surface area contributed by atoms with Gasteiger partial charge in [0.05, 0.1) is 13.7 Å². The highest BCUT2D eigenvalue weighted by Crippen LogP contribution is 2.17. The summed E-state index contributed by atoms with van der Waals surface area (Å²) in [6.07, 6.45) is 0.490. The van der Waals surface area contributed by atoms with Gasteiger partial charge >= 0.3 is 6.03 Å². The normalized spacial score (nSPS) is 18.5. The van der Waals surface area contributed by atoms with E-state index < -0.39 is 6.04 Å². The van der Waals surface area contributed by atoms with Crippen LogP contribution in [0.4, 0.5) is 4.79 Å². The molecule has 1 N–H and O–H groups in total. The third-order valence-electron chi connectivity index (χ3n) is 3.52. The van der Waals surface area contributed by atoms with Gasteiger partial charge in [-0.05, 0) is 18.9 Å². The van der Waals surface area contributed by atoms with Crippen molar-refractivity contribution in [2.75, 3.05) is 20.2 Å². The molecule has 0 aromatic heterocycles. The Morgan fingerprint density at radius 3 is 2.73 bits per heavy atom. The Labute approximate surface area is 129 Å². The van der Waals surface area contributed by atoms with Crippen LogP contribution in [0.5, 0.6) is 0 Å². The quantitative estimate of drug-likeness (QED) is 0.805. The van der Waals surface area contributed by atoms with Crippen molar-refractivity contribution in [3.05, 3.63) is 35.9 Å². The van der Waals surface area contributed by atoms with Gasteiger partial charge in [-0.2, -0.15) is 0 Å². The van der Waals surface area contributed by atoms with Crippen molar-refractivity contribution in [3.63, 3.8) is 0 Å². The second kappa shape index (κ2) is 7.77. The zero-order chi connectivity index (χ0) is 15.9. The van der Waals surface area contributed by atoms with E-state index in [0.717, 1.165) is 5.56 Å². The number of nitrogens with one attached hydrogen (secondary N) is 1. The number of hydrogen-bond donors (Lipinski definition) is 1. The molecule has 7 nitrogen and oxygen atoms in total. The van der Waals surface area contributed by atoms with E-state index in [0.29, 0.717) is 26.1 Å². The molecule has 120 valence electrons. The molecule has 1 saturated heterocycles. The first-order valence-electron chi connectivity index (χ1n) is 7.25. The number of rotatable bonds is 6. The van der Waals surface area contributed by atoms with E-state index in [-0.39, 0.29) is 11.9 Å². The van der Waals surface area contributed by atoms with E-state index in [9.17, 15) is 9.59 Å². The molecule has 22 heavy (non-hydrogen) atoms. The number of carbonyl (C=O) groups excluding carboxylic acids is 2. The Morgan fingerprint density at radius 1 is 1.36 bits per heavy atom. The lowest BCUT2D eigenvalue weighted by Crippen LogP contribution is -2.58. The second-order valence-electron chi connectivity index (χ2n) is 4.90. The maximum absolute atomic E-state index is 12.4. The Hall–Kier alpha value is -2.12. The molecule has 0 radical (unpaired) electrons. The van der Waals surface area contributed by atoms with Crippen molar-refractivity contribution < 1.29 is 19.3 Å². The molecular weight excluding hydrogens is 286 g/mol. The van der Waals surface area contributed by atoms with Gasteiger partial charge in [0.25, 0.3) is 5.91 Å². The molecule has 7 heteroatoms. The van der Waals surface area contributed by atoms with Crippen molar-refractivity contribution in [2.45, 2.75) is 26.0 Å². The average molecular weight is 307 g/mol. The first kappa shape index (κ1) is 16.3. The van der Waals surface area contributed by atoms with E-state index in [1.807, 2.05) is 37.3 Å². The minimum Gasteiger partial charge on any atom is -0.311 e. The molecule has 1 aromatic rings.